The zero-order valence-electron chi connectivity index (χ0n) is 14.7. The van der Waals surface area contributed by atoms with Crippen LogP contribution in [-0.2, 0) is 17.9 Å². The minimum atomic E-state index is -0.0301. The van der Waals surface area contributed by atoms with Crippen LogP contribution in [0.5, 0.6) is 0 Å². The van der Waals surface area contributed by atoms with Gasteiger partial charge >= 0.3 is 0 Å². The first-order valence-corrected chi connectivity index (χ1v) is 9.07. The van der Waals surface area contributed by atoms with Gasteiger partial charge in [0.15, 0.2) is 0 Å². The molecule has 6 nitrogen and oxygen atoms in total. The molecule has 1 amide bonds. The number of aromatic nitrogens is 4. The van der Waals surface area contributed by atoms with Crippen molar-refractivity contribution >= 4 is 11.6 Å². The summed E-state index contributed by atoms with van der Waals surface area (Å²) >= 11 is 0. The molecule has 0 aliphatic carbocycles. The van der Waals surface area contributed by atoms with Gasteiger partial charge in [0.2, 0.25) is 5.91 Å². The van der Waals surface area contributed by atoms with Gasteiger partial charge in [0, 0.05) is 30.9 Å². The van der Waals surface area contributed by atoms with Gasteiger partial charge in [-0.1, -0.05) is 30.3 Å². The minimum Gasteiger partial charge on any atom is -0.350 e. The van der Waals surface area contributed by atoms with Crippen molar-refractivity contribution in [2.45, 2.75) is 25.4 Å². The van der Waals surface area contributed by atoms with E-state index in [4.69, 9.17) is 4.98 Å². The second-order valence-electron chi connectivity index (χ2n) is 6.85. The molecule has 6 heteroatoms. The molecule has 0 spiro atoms. The van der Waals surface area contributed by atoms with Crippen molar-refractivity contribution in [3.63, 3.8) is 0 Å². The lowest BCUT2D eigenvalue weighted by Gasteiger charge is -2.17. The number of carbonyl (C=O) groups is 1. The number of nitrogens with one attached hydrogen (secondary N) is 1. The van der Waals surface area contributed by atoms with E-state index >= 15 is 0 Å². The second-order valence-corrected chi connectivity index (χ2v) is 6.85. The molecule has 1 aliphatic heterocycles. The molecular formula is C21H19N5O. The zero-order valence-corrected chi connectivity index (χ0v) is 14.7. The molecule has 1 N–H and O–H groups in total. The first-order chi connectivity index (χ1) is 13.3. The predicted octanol–water partition coefficient (Wildman–Crippen LogP) is 2.73. The van der Waals surface area contributed by atoms with Crippen LogP contribution in [0.25, 0.3) is 5.65 Å². The number of fused-ring (bicyclic) bond motifs is 3. The third-order valence-corrected chi connectivity index (χ3v) is 5.07. The van der Waals surface area contributed by atoms with E-state index in [1.165, 1.54) is 0 Å². The summed E-state index contributed by atoms with van der Waals surface area (Å²) in [4.78, 5) is 17.1. The highest BCUT2D eigenvalue weighted by molar-refractivity contribution is 5.78. The fourth-order valence-corrected chi connectivity index (χ4v) is 3.86. The van der Waals surface area contributed by atoms with Crippen molar-refractivity contribution in [2.75, 3.05) is 0 Å². The van der Waals surface area contributed by atoms with Crippen LogP contribution in [0.1, 0.15) is 34.9 Å². The smallest absolute Gasteiger partial charge is 0.221 e. The number of rotatable bonds is 3. The van der Waals surface area contributed by atoms with Crippen LogP contribution < -0.4 is 5.32 Å². The SMILES string of the molecule is O=C1C[C@@H](c2cccc(Cn3cccn3)c2)c2c(nc3ccccn23)CN1. The molecular weight excluding hydrogens is 338 g/mol. The molecule has 27 heavy (non-hydrogen) atoms. The average Bonchev–Trinajstić information content (AvgIpc) is 3.28. The molecule has 0 saturated carbocycles. The molecule has 4 aromatic rings. The zero-order chi connectivity index (χ0) is 18.2. The van der Waals surface area contributed by atoms with Gasteiger partial charge in [0.05, 0.1) is 24.5 Å². The molecule has 1 atom stereocenters. The maximum absolute atomic E-state index is 12.3. The van der Waals surface area contributed by atoms with Crippen LogP contribution in [0, 0.1) is 0 Å². The van der Waals surface area contributed by atoms with Crippen LogP contribution in [0.3, 0.4) is 0 Å². The lowest BCUT2D eigenvalue weighted by Crippen LogP contribution is -2.21. The summed E-state index contributed by atoms with van der Waals surface area (Å²) < 4.78 is 4.01. The molecule has 0 bridgehead atoms. The number of hydrogen-bond acceptors (Lipinski definition) is 3. The number of pyridine rings is 1. The Kier molecular flexibility index (Phi) is 3.74. The first kappa shape index (κ1) is 15.8. The Balaban J connectivity index is 1.61. The van der Waals surface area contributed by atoms with Gasteiger partial charge in [-0.2, -0.15) is 5.10 Å². The normalized spacial score (nSPS) is 16.7. The molecule has 0 unspecified atom stereocenters. The number of benzene rings is 1. The van der Waals surface area contributed by atoms with E-state index in [9.17, 15) is 4.79 Å². The fourth-order valence-electron chi connectivity index (χ4n) is 3.86. The Bertz CT molecular complexity index is 1110. The third-order valence-electron chi connectivity index (χ3n) is 5.07. The quantitative estimate of drug-likeness (QED) is 0.613. The summed E-state index contributed by atoms with van der Waals surface area (Å²) in [5, 5.41) is 7.27. The van der Waals surface area contributed by atoms with Crippen molar-refractivity contribution in [3.8, 4) is 0 Å². The summed E-state index contributed by atoms with van der Waals surface area (Å²) in [6.45, 7) is 1.18. The van der Waals surface area contributed by atoms with Gasteiger partial charge in [-0.25, -0.2) is 4.98 Å². The summed E-state index contributed by atoms with van der Waals surface area (Å²) in [6.07, 6.45) is 6.18. The van der Waals surface area contributed by atoms with E-state index in [0.717, 1.165) is 28.2 Å². The lowest BCUT2D eigenvalue weighted by atomic mass is 9.90. The van der Waals surface area contributed by atoms with Crippen LogP contribution in [0.2, 0.25) is 0 Å². The first-order valence-electron chi connectivity index (χ1n) is 9.07. The molecule has 0 fully saturated rings. The number of amides is 1. The average molecular weight is 357 g/mol. The molecule has 0 saturated heterocycles. The Morgan fingerprint density at radius 2 is 2.07 bits per heavy atom. The van der Waals surface area contributed by atoms with Gasteiger partial charge in [-0.3, -0.25) is 9.48 Å². The van der Waals surface area contributed by atoms with Crippen molar-refractivity contribution in [3.05, 3.63) is 89.6 Å². The summed E-state index contributed by atoms with van der Waals surface area (Å²) in [5.41, 5.74) is 5.24. The molecule has 3 aromatic heterocycles. The topological polar surface area (TPSA) is 64.2 Å². The standard InChI is InChI=1S/C21H19N5O/c27-20-12-17(16-6-3-5-15(11-16)14-25-9-4-8-23-25)21-18(13-22-20)24-19-7-1-2-10-26(19)21/h1-11,17H,12-14H2,(H,22,27)/t17-/m0/s1. The van der Waals surface area contributed by atoms with Gasteiger partial charge in [-0.15, -0.1) is 0 Å². The van der Waals surface area contributed by atoms with E-state index in [1.807, 2.05) is 41.3 Å². The van der Waals surface area contributed by atoms with E-state index in [1.54, 1.807) is 6.20 Å². The second kappa shape index (κ2) is 6.39. The number of carbonyl (C=O) groups excluding carboxylic acids is 1. The van der Waals surface area contributed by atoms with Crippen LogP contribution >= 0.6 is 0 Å². The highest BCUT2D eigenvalue weighted by Crippen LogP contribution is 2.33. The van der Waals surface area contributed by atoms with Crippen molar-refractivity contribution in [2.24, 2.45) is 0 Å². The monoisotopic (exact) mass is 357 g/mol. The maximum Gasteiger partial charge on any atom is 0.221 e. The summed E-state index contributed by atoms with van der Waals surface area (Å²) in [6, 6.07) is 16.3. The van der Waals surface area contributed by atoms with Gasteiger partial charge in [0.1, 0.15) is 5.65 Å². The Morgan fingerprint density at radius 3 is 2.96 bits per heavy atom. The number of hydrogen-bond donors (Lipinski definition) is 1. The fraction of sp³-hybridized carbons (Fsp3) is 0.190. The van der Waals surface area contributed by atoms with E-state index in [2.05, 4.69) is 39.1 Å². The maximum atomic E-state index is 12.3. The van der Waals surface area contributed by atoms with Gasteiger partial charge < -0.3 is 9.72 Å². The van der Waals surface area contributed by atoms with Crippen molar-refractivity contribution < 1.29 is 4.79 Å². The van der Waals surface area contributed by atoms with Gasteiger partial charge in [0.25, 0.3) is 0 Å². The highest BCUT2D eigenvalue weighted by Gasteiger charge is 2.28. The molecule has 1 aliphatic rings. The highest BCUT2D eigenvalue weighted by atomic mass is 16.1. The minimum absolute atomic E-state index is 0.0301. The Morgan fingerprint density at radius 1 is 1.11 bits per heavy atom. The van der Waals surface area contributed by atoms with Gasteiger partial charge in [-0.05, 0) is 29.3 Å². The third kappa shape index (κ3) is 2.89. The Hall–Kier alpha value is -3.41. The molecule has 1 aromatic carbocycles. The molecule has 134 valence electrons. The number of imidazole rings is 1. The van der Waals surface area contributed by atoms with E-state index in [0.29, 0.717) is 19.5 Å². The van der Waals surface area contributed by atoms with E-state index in [-0.39, 0.29) is 11.8 Å². The predicted molar refractivity (Wildman–Crippen MR) is 101 cm³/mol. The molecule has 4 heterocycles. The molecule has 0 radical (unpaired) electrons. The van der Waals surface area contributed by atoms with Crippen LogP contribution in [0.4, 0.5) is 0 Å². The summed E-state index contributed by atoms with van der Waals surface area (Å²) in [5.74, 6) is 0.0256. The van der Waals surface area contributed by atoms with Crippen LogP contribution in [0.15, 0.2) is 67.1 Å². The Labute approximate surface area is 156 Å². The molecule has 5 rings (SSSR count). The lowest BCUT2D eigenvalue weighted by molar-refractivity contribution is -0.121. The van der Waals surface area contributed by atoms with E-state index < -0.39 is 0 Å². The van der Waals surface area contributed by atoms with Crippen molar-refractivity contribution in [1.82, 2.24) is 24.5 Å². The van der Waals surface area contributed by atoms with Crippen LogP contribution in [-0.4, -0.2) is 25.1 Å². The van der Waals surface area contributed by atoms with Crippen molar-refractivity contribution in [1.29, 1.82) is 0 Å². The largest absolute Gasteiger partial charge is 0.350 e. The number of nitrogens with zero attached hydrogens (tertiary/aromatic N) is 4. The summed E-state index contributed by atoms with van der Waals surface area (Å²) in [7, 11) is 0.